The van der Waals surface area contributed by atoms with Crippen LogP contribution in [-0.2, 0) is 20.9 Å². The largest absolute Gasteiger partial charge is 0.489 e. The highest BCUT2D eigenvalue weighted by Gasteiger charge is 2.39. The first-order chi connectivity index (χ1) is 16.0. The van der Waals surface area contributed by atoms with Gasteiger partial charge in [-0.15, -0.1) is 0 Å². The molecule has 2 aliphatic heterocycles. The van der Waals surface area contributed by atoms with Gasteiger partial charge in [0.05, 0.1) is 6.10 Å². The van der Waals surface area contributed by atoms with Crippen molar-refractivity contribution in [1.82, 2.24) is 15.5 Å². The van der Waals surface area contributed by atoms with E-state index in [4.69, 9.17) is 9.47 Å². The van der Waals surface area contributed by atoms with Crippen molar-refractivity contribution >= 4 is 17.7 Å². The molecule has 0 bridgehead atoms. The molecule has 2 N–H and O–H groups in total. The Morgan fingerprint density at radius 2 is 1.94 bits per heavy atom. The van der Waals surface area contributed by atoms with Crippen molar-refractivity contribution in [2.45, 2.75) is 82.2 Å². The minimum absolute atomic E-state index is 0.110. The van der Waals surface area contributed by atoms with Crippen LogP contribution in [-0.4, -0.2) is 60.6 Å². The molecule has 2 heterocycles. The number of piperidine rings is 1. The summed E-state index contributed by atoms with van der Waals surface area (Å²) >= 11 is 0. The molecule has 3 fully saturated rings. The Hall–Kier alpha value is -2.45. The van der Waals surface area contributed by atoms with Crippen LogP contribution in [0.25, 0.3) is 0 Å². The first-order valence-corrected chi connectivity index (χ1v) is 12.2. The summed E-state index contributed by atoms with van der Waals surface area (Å²) in [6.07, 6.45) is 7.91. The molecule has 1 saturated heterocycles. The van der Waals surface area contributed by atoms with Gasteiger partial charge in [0, 0.05) is 31.7 Å². The Morgan fingerprint density at radius 1 is 1.12 bits per heavy atom. The molecule has 4 aliphatic rings. The number of imide groups is 1. The zero-order valence-electron chi connectivity index (χ0n) is 19.2. The molecule has 0 radical (unpaired) electrons. The summed E-state index contributed by atoms with van der Waals surface area (Å²) in [6.45, 7) is 1.37. The Labute approximate surface area is 194 Å². The molecule has 8 heteroatoms. The van der Waals surface area contributed by atoms with E-state index in [-0.39, 0.29) is 30.2 Å². The summed E-state index contributed by atoms with van der Waals surface area (Å²) in [5.74, 6) is 0.638. The molecule has 8 nitrogen and oxygen atoms in total. The Balaban J connectivity index is 1.21. The smallest absolute Gasteiger partial charge is 0.255 e. The van der Waals surface area contributed by atoms with E-state index in [1.54, 1.807) is 12.0 Å². The van der Waals surface area contributed by atoms with Crippen LogP contribution in [0.4, 0.5) is 0 Å². The first kappa shape index (κ1) is 22.3. The topological polar surface area (TPSA) is 97.0 Å². The number of amides is 3. The maximum absolute atomic E-state index is 12.9. The van der Waals surface area contributed by atoms with Crippen LogP contribution in [0.1, 0.15) is 67.3 Å². The summed E-state index contributed by atoms with van der Waals surface area (Å²) in [5.41, 5.74) is 1.49. The Kier molecular flexibility index (Phi) is 6.38. The van der Waals surface area contributed by atoms with Gasteiger partial charge in [0.2, 0.25) is 11.8 Å². The standard InChI is InChI=1S/C25H33N3O5/c1-32-18-10-15(11-18)13-26-20-4-2-3-5-22(20)33-17-6-7-19-16(12-17)14-28(25(19)31)21-8-9-23(29)27-24(21)30/h6-7,12,15,18,20-22,26H,2-5,8-11,13-14H2,1H3,(H,27,29,30)/t15-,18+,20-,21?,22+/m0/s1. The average Bonchev–Trinajstić information content (AvgIpc) is 3.09. The number of hydrogen-bond acceptors (Lipinski definition) is 6. The normalized spacial score (nSPS) is 31.7. The number of methoxy groups -OCH3 is 1. The van der Waals surface area contributed by atoms with Gasteiger partial charge in [0.15, 0.2) is 0 Å². The minimum Gasteiger partial charge on any atom is -0.489 e. The van der Waals surface area contributed by atoms with Gasteiger partial charge in [0.25, 0.3) is 5.91 Å². The molecule has 1 unspecified atom stereocenters. The van der Waals surface area contributed by atoms with Crippen LogP contribution in [0.5, 0.6) is 5.75 Å². The number of nitrogens with one attached hydrogen (secondary N) is 2. The number of ether oxygens (including phenoxy) is 2. The van der Waals surface area contributed by atoms with Crippen molar-refractivity contribution < 1.29 is 23.9 Å². The highest BCUT2D eigenvalue weighted by atomic mass is 16.5. The van der Waals surface area contributed by atoms with E-state index in [9.17, 15) is 14.4 Å². The molecular formula is C25H33N3O5. The third-order valence-electron chi connectivity index (χ3n) is 7.68. The Morgan fingerprint density at radius 3 is 2.73 bits per heavy atom. The monoisotopic (exact) mass is 455 g/mol. The van der Waals surface area contributed by atoms with E-state index in [0.717, 1.165) is 50.0 Å². The van der Waals surface area contributed by atoms with Gasteiger partial charge >= 0.3 is 0 Å². The first-order valence-electron chi connectivity index (χ1n) is 12.2. The third kappa shape index (κ3) is 4.64. The highest BCUT2D eigenvalue weighted by Crippen LogP contribution is 2.33. The lowest BCUT2D eigenvalue weighted by Gasteiger charge is -2.38. The molecule has 2 aliphatic carbocycles. The predicted octanol–water partition coefficient (Wildman–Crippen LogP) is 2.15. The lowest BCUT2D eigenvalue weighted by molar-refractivity contribution is -0.136. The molecule has 3 amide bonds. The van der Waals surface area contributed by atoms with Gasteiger partial charge in [-0.05, 0) is 74.8 Å². The Bertz CT molecular complexity index is 929. The van der Waals surface area contributed by atoms with Crippen molar-refractivity contribution in [1.29, 1.82) is 0 Å². The second-order valence-corrected chi connectivity index (χ2v) is 9.87. The molecule has 1 aromatic rings. The van der Waals surface area contributed by atoms with Crippen LogP contribution < -0.4 is 15.4 Å². The van der Waals surface area contributed by atoms with E-state index < -0.39 is 6.04 Å². The average molecular weight is 456 g/mol. The number of rotatable bonds is 7. The number of benzene rings is 1. The van der Waals surface area contributed by atoms with Crippen molar-refractivity contribution in [2.24, 2.45) is 5.92 Å². The van der Waals surface area contributed by atoms with Gasteiger partial charge in [-0.25, -0.2) is 0 Å². The van der Waals surface area contributed by atoms with Crippen molar-refractivity contribution in [3.63, 3.8) is 0 Å². The molecule has 0 spiro atoms. The number of carbonyl (C=O) groups excluding carboxylic acids is 3. The van der Waals surface area contributed by atoms with Crippen LogP contribution >= 0.6 is 0 Å². The molecule has 3 atom stereocenters. The molecule has 2 saturated carbocycles. The molecule has 5 rings (SSSR count). The van der Waals surface area contributed by atoms with Crippen molar-refractivity contribution in [3.8, 4) is 5.75 Å². The summed E-state index contributed by atoms with van der Waals surface area (Å²) in [7, 11) is 1.79. The van der Waals surface area contributed by atoms with Crippen molar-refractivity contribution in [3.05, 3.63) is 29.3 Å². The van der Waals surface area contributed by atoms with E-state index in [1.807, 2.05) is 18.2 Å². The lowest BCUT2D eigenvalue weighted by atomic mass is 9.81. The van der Waals surface area contributed by atoms with Gasteiger partial charge in [-0.3, -0.25) is 19.7 Å². The second-order valence-electron chi connectivity index (χ2n) is 9.87. The maximum Gasteiger partial charge on any atom is 0.255 e. The summed E-state index contributed by atoms with van der Waals surface area (Å²) in [6, 6.07) is 5.35. The molecule has 33 heavy (non-hydrogen) atoms. The van der Waals surface area contributed by atoms with E-state index in [0.29, 0.717) is 36.6 Å². The fraction of sp³-hybridized carbons (Fsp3) is 0.640. The van der Waals surface area contributed by atoms with Crippen LogP contribution in [0.15, 0.2) is 18.2 Å². The minimum atomic E-state index is -0.594. The van der Waals surface area contributed by atoms with Crippen LogP contribution in [0, 0.1) is 5.92 Å². The lowest BCUT2D eigenvalue weighted by Crippen LogP contribution is -2.52. The molecule has 1 aromatic carbocycles. The van der Waals surface area contributed by atoms with Gasteiger partial charge in [0.1, 0.15) is 17.9 Å². The summed E-state index contributed by atoms with van der Waals surface area (Å²) in [5, 5.41) is 6.09. The molecule has 0 aromatic heterocycles. The second kappa shape index (κ2) is 9.43. The van der Waals surface area contributed by atoms with Crippen LogP contribution in [0.3, 0.4) is 0 Å². The highest BCUT2D eigenvalue weighted by molar-refractivity contribution is 6.05. The fourth-order valence-corrected chi connectivity index (χ4v) is 5.62. The molecular weight excluding hydrogens is 422 g/mol. The van der Waals surface area contributed by atoms with Gasteiger partial charge in [-0.2, -0.15) is 0 Å². The maximum atomic E-state index is 12.9. The third-order valence-corrected chi connectivity index (χ3v) is 7.68. The number of nitrogens with zero attached hydrogens (tertiary/aromatic N) is 1. The molecule has 178 valence electrons. The summed E-state index contributed by atoms with van der Waals surface area (Å²) < 4.78 is 11.8. The SMILES string of the molecule is CO[C@H]1C[C@@H](CN[C@H]2CCCC[C@H]2Oc2ccc3c(c2)CN(C2CCC(=O)NC2=O)C3=O)C1. The van der Waals surface area contributed by atoms with Crippen LogP contribution in [0.2, 0.25) is 0 Å². The summed E-state index contributed by atoms with van der Waals surface area (Å²) in [4.78, 5) is 38.2. The zero-order valence-corrected chi connectivity index (χ0v) is 19.2. The van der Waals surface area contributed by atoms with E-state index >= 15 is 0 Å². The number of hydrogen-bond donors (Lipinski definition) is 2. The van der Waals surface area contributed by atoms with Crippen molar-refractivity contribution in [2.75, 3.05) is 13.7 Å². The van der Waals surface area contributed by atoms with E-state index in [1.165, 1.54) is 6.42 Å². The number of carbonyl (C=O) groups is 3. The zero-order chi connectivity index (χ0) is 22.9. The predicted molar refractivity (Wildman–Crippen MR) is 121 cm³/mol. The fourth-order valence-electron chi connectivity index (χ4n) is 5.62. The van der Waals surface area contributed by atoms with Gasteiger partial charge in [-0.1, -0.05) is 6.42 Å². The number of fused-ring (bicyclic) bond motifs is 1. The quantitative estimate of drug-likeness (QED) is 0.612. The van der Waals surface area contributed by atoms with Gasteiger partial charge < -0.3 is 19.7 Å². The van der Waals surface area contributed by atoms with E-state index in [2.05, 4.69) is 10.6 Å².